The van der Waals surface area contributed by atoms with E-state index in [1.54, 1.807) is 0 Å². The molecule has 0 unspecified atom stereocenters. The fourth-order valence-corrected chi connectivity index (χ4v) is 10.6. The van der Waals surface area contributed by atoms with E-state index in [1.165, 1.54) is 15.9 Å². The van der Waals surface area contributed by atoms with Crippen molar-refractivity contribution in [3.63, 3.8) is 0 Å². The molecule has 1 N–H and O–H groups in total. The first-order chi connectivity index (χ1) is 19.2. The third-order valence-corrected chi connectivity index (χ3v) is 13.6. The number of rotatable bonds is 15. The third kappa shape index (κ3) is 7.13. The third-order valence-electron chi connectivity index (χ3n) is 8.54. The summed E-state index contributed by atoms with van der Waals surface area (Å²) in [4.78, 5) is 0. The van der Waals surface area contributed by atoms with Crippen LogP contribution in [0.25, 0.3) is 0 Å². The lowest BCUT2D eigenvalue weighted by Gasteiger charge is -2.43. The van der Waals surface area contributed by atoms with Gasteiger partial charge in [-0.1, -0.05) is 119 Å². The van der Waals surface area contributed by atoms with Gasteiger partial charge < -0.3 is 19.0 Å². The number of epoxide rings is 1. The van der Waals surface area contributed by atoms with E-state index in [2.05, 4.69) is 113 Å². The lowest BCUT2D eigenvalue weighted by molar-refractivity contribution is 0.0307. The Labute approximate surface area is 242 Å². The fourth-order valence-electron chi connectivity index (χ4n) is 6.01. The van der Waals surface area contributed by atoms with Crippen LogP contribution in [0, 0.1) is 0 Å². The molecule has 1 aliphatic rings. The predicted molar refractivity (Wildman–Crippen MR) is 167 cm³/mol. The van der Waals surface area contributed by atoms with Crippen molar-refractivity contribution in [2.45, 2.75) is 102 Å². The number of hydrogen-bond donors (Lipinski definition) is 1. The van der Waals surface area contributed by atoms with E-state index in [0.29, 0.717) is 19.6 Å². The molecule has 40 heavy (non-hydrogen) atoms. The van der Waals surface area contributed by atoms with E-state index < -0.39 is 20.0 Å². The van der Waals surface area contributed by atoms with Gasteiger partial charge in [-0.05, 0) is 60.0 Å². The number of ether oxygens (including phenoxy) is 2. The zero-order chi connectivity index (χ0) is 28.6. The van der Waals surface area contributed by atoms with Crippen molar-refractivity contribution in [3.05, 3.63) is 96.6 Å². The number of benzene rings is 3. The van der Waals surface area contributed by atoms with Crippen LogP contribution in [-0.4, -0.2) is 43.9 Å². The molecule has 1 saturated heterocycles. The van der Waals surface area contributed by atoms with Gasteiger partial charge in [0.25, 0.3) is 8.32 Å². The van der Waals surface area contributed by atoms with Crippen LogP contribution in [0.5, 0.6) is 0 Å². The summed E-state index contributed by atoms with van der Waals surface area (Å²) in [6, 6.07) is 31.7. The molecule has 1 aliphatic heterocycles. The molecule has 0 saturated carbocycles. The molecule has 1 heterocycles. The summed E-state index contributed by atoms with van der Waals surface area (Å²) in [6.45, 7) is 12.2. The normalized spacial score (nSPS) is 20.7. The van der Waals surface area contributed by atoms with Crippen molar-refractivity contribution in [3.8, 4) is 0 Å². The van der Waals surface area contributed by atoms with Crippen molar-refractivity contribution in [1.29, 1.82) is 0 Å². The topological polar surface area (TPSA) is 51.2 Å². The summed E-state index contributed by atoms with van der Waals surface area (Å²) < 4.78 is 19.2. The average Bonchev–Trinajstić information content (AvgIpc) is 3.64. The molecule has 3 aromatic carbocycles. The quantitative estimate of drug-likeness (QED) is 0.167. The van der Waals surface area contributed by atoms with Crippen LogP contribution in [0.4, 0.5) is 0 Å². The van der Waals surface area contributed by atoms with E-state index in [0.717, 1.165) is 25.7 Å². The van der Waals surface area contributed by atoms with E-state index in [1.807, 2.05) is 13.0 Å². The number of hydrogen-bond acceptors (Lipinski definition) is 4. The lowest BCUT2D eigenvalue weighted by Crippen LogP contribution is -2.66. The Balaban J connectivity index is 1.31. The van der Waals surface area contributed by atoms with Gasteiger partial charge in [0.1, 0.15) is 5.60 Å². The first-order valence-corrected chi connectivity index (χ1v) is 16.9. The minimum Gasteiger partial charge on any atom is -0.407 e. The molecule has 0 aliphatic carbocycles. The highest BCUT2D eigenvalue weighted by Gasteiger charge is 2.57. The van der Waals surface area contributed by atoms with Gasteiger partial charge in [0, 0.05) is 6.61 Å². The zero-order valence-electron chi connectivity index (χ0n) is 25.0. The molecule has 0 amide bonds. The highest BCUT2D eigenvalue weighted by molar-refractivity contribution is 6.99. The Morgan fingerprint density at radius 2 is 1.43 bits per heavy atom. The monoisotopic (exact) mass is 560 g/mol. The minimum absolute atomic E-state index is 0.0818. The largest absolute Gasteiger partial charge is 0.407 e. The first kappa shape index (κ1) is 30.7. The molecular formula is C35H48O4Si. The van der Waals surface area contributed by atoms with Crippen LogP contribution in [0.15, 0.2) is 91.0 Å². The van der Waals surface area contributed by atoms with E-state index in [9.17, 15) is 5.11 Å². The molecule has 3 aromatic rings. The molecule has 216 valence electrons. The van der Waals surface area contributed by atoms with Crippen LogP contribution < -0.4 is 10.4 Å². The second-order valence-electron chi connectivity index (χ2n) is 12.4. The fraction of sp³-hybridized carbons (Fsp3) is 0.486. The molecule has 0 radical (unpaired) electrons. The van der Waals surface area contributed by atoms with Gasteiger partial charge in [-0.2, -0.15) is 0 Å². The molecule has 0 spiro atoms. The molecule has 1 fully saturated rings. The predicted octanol–water partition coefficient (Wildman–Crippen LogP) is 6.64. The second-order valence-corrected chi connectivity index (χ2v) is 16.7. The minimum atomic E-state index is -2.61. The van der Waals surface area contributed by atoms with Gasteiger partial charge in [-0.25, -0.2) is 0 Å². The SMILES string of the molecule is CC[C@@H](CCC[C@@H]1O[C@@]1(C)[C@H](O)CCO[Si](c1ccccc1)(c1ccccc1)C(C)(C)C)OCc1ccccc1. The molecule has 4 nitrogen and oxygen atoms in total. The highest BCUT2D eigenvalue weighted by atomic mass is 28.4. The average molecular weight is 561 g/mol. The van der Waals surface area contributed by atoms with E-state index in [4.69, 9.17) is 13.9 Å². The van der Waals surface area contributed by atoms with Crippen LogP contribution in [0.2, 0.25) is 5.04 Å². The van der Waals surface area contributed by atoms with Crippen molar-refractivity contribution < 1.29 is 19.0 Å². The Kier molecular flexibility index (Phi) is 10.4. The Bertz CT molecular complexity index is 1110. The van der Waals surface area contributed by atoms with Crippen molar-refractivity contribution in [1.82, 2.24) is 0 Å². The van der Waals surface area contributed by atoms with Gasteiger partial charge in [0.05, 0.1) is 24.9 Å². The Morgan fingerprint density at radius 3 is 1.95 bits per heavy atom. The number of aliphatic hydroxyl groups excluding tert-OH is 1. The van der Waals surface area contributed by atoms with Crippen molar-refractivity contribution in [2.24, 2.45) is 0 Å². The van der Waals surface area contributed by atoms with Gasteiger partial charge >= 0.3 is 0 Å². The maximum Gasteiger partial charge on any atom is 0.261 e. The Morgan fingerprint density at radius 1 is 0.875 bits per heavy atom. The lowest BCUT2D eigenvalue weighted by atomic mass is 9.94. The molecule has 5 heteroatoms. The summed E-state index contributed by atoms with van der Waals surface area (Å²) >= 11 is 0. The summed E-state index contributed by atoms with van der Waals surface area (Å²) in [7, 11) is -2.61. The molecule has 0 bridgehead atoms. The van der Waals surface area contributed by atoms with E-state index >= 15 is 0 Å². The molecular weight excluding hydrogens is 512 g/mol. The van der Waals surface area contributed by atoms with Crippen molar-refractivity contribution in [2.75, 3.05) is 6.61 Å². The van der Waals surface area contributed by atoms with Gasteiger partial charge in [-0.3, -0.25) is 0 Å². The maximum atomic E-state index is 11.2. The first-order valence-electron chi connectivity index (χ1n) is 15.0. The summed E-state index contributed by atoms with van der Waals surface area (Å²) in [5, 5.41) is 13.6. The van der Waals surface area contributed by atoms with E-state index in [-0.39, 0.29) is 17.2 Å². The van der Waals surface area contributed by atoms with Gasteiger partial charge in [0.2, 0.25) is 0 Å². The molecule has 4 rings (SSSR count). The molecule has 4 atom stereocenters. The van der Waals surface area contributed by atoms with Gasteiger partial charge in [-0.15, -0.1) is 0 Å². The van der Waals surface area contributed by atoms with Gasteiger partial charge in [0.15, 0.2) is 0 Å². The van der Waals surface area contributed by atoms with Crippen molar-refractivity contribution >= 4 is 18.7 Å². The molecule has 0 aromatic heterocycles. The standard InChI is InChI=1S/C35H48O4Si/c1-6-29(37-27-28-17-10-7-11-18-28)19-16-24-33-35(5,39-33)32(36)25-26-38-40(34(2,3)4,30-20-12-8-13-21-30)31-22-14-9-15-23-31/h7-15,17-18,20-23,29,32-33,36H,6,16,19,24-27H2,1-5H3/t29-,32+,33-,35-/m0/s1. The Hall–Kier alpha value is -2.28. The number of aliphatic hydroxyl groups is 1. The summed E-state index contributed by atoms with van der Waals surface area (Å²) in [6.07, 6.45) is 4.29. The van der Waals surface area contributed by atoms with Crippen LogP contribution >= 0.6 is 0 Å². The smallest absolute Gasteiger partial charge is 0.261 e. The highest BCUT2D eigenvalue weighted by Crippen LogP contribution is 2.44. The van der Waals surface area contributed by atoms with Crippen LogP contribution in [0.1, 0.15) is 72.3 Å². The second kappa shape index (κ2) is 13.6. The zero-order valence-corrected chi connectivity index (χ0v) is 26.0. The summed E-state index contributed by atoms with van der Waals surface area (Å²) in [5.41, 5.74) is 0.712. The van der Waals surface area contributed by atoms with Crippen LogP contribution in [-0.2, 0) is 20.5 Å². The van der Waals surface area contributed by atoms with Crippen LogP contribution in [0.3, 0.4) is 0 Å². The maximum absolute atomic E-state index is 11.2. The summed E-state index contributed by atoms with van der Waals surface area (Å²) in [5.74, 6) is 0.